The van der Waals surface area contributed by atoms with Crippen LogP contribution in [0.25, 0.3) is 0 Å². The third kappa shape index (κ3) is 5.00. The van der Waals surface area contributed by atoms with Gasteiger partial charge in [0.25, 0.3) is 0 Å². The molecule has 2 rings (SSSR count). The molecule has 1 aromatic carbocycles. The second-order valence-corrected chi connectivity index (χ2v) is 8.00. The predicted octanol–water partition coefficient (Wildman–Crippen LogP) is 2.32. The van der Waals surface area contributed by atoms with Crippen molar-refractivity contribution in [3.63, 3.8) is 0 Å². The van der Waals surface area contributed by atoms with Crippen LogP contribution in [0.15, 0.2) is 24.3 Å². The lowest BCUT2D eigenvalue weighted by Crippen LogP contribution is -2.44. The number of sulfone groups is 1. The van der Waals surface area contributed by atoms with Gasteiger partial charge in [0.1, 0.15) is 11.9 Å². The van der Waals surface area contributed by atoms with Crippen LogP contribution in [0.4, 0.5) is 0 Å². The standard InChI is InChI=1S/C16H25NO3S/c1-3-15(20-16-9-5-4-7-13(16)2)11-17-14-8-6-10-21(18,19)12-14/h4-5,7,9,14-15,17H,3,6,8,10-12H2,1-2H3. The van der Waals surface area contributed by atoms with Crippen molar-refractivity contribution in [1.82, 2.24) is 5.32 Å². The van der Waals surface area contributed by atoms with Gasteiger partial charge in [-0.1, -0.05) is 25.1 Å². The SMILES string of the molecule is CCC(CNC1CCCS(=O)(=O)C1)Oc1ccccc1C. The fourth-order valence-electron chi connectivity index (χ4n) is 2.62. The summed E-state index contributed by atoms with van der Waals surface area (Å²) in [6.45, 7) is 4.80. The van der Waals surface area contributed by atoms with Gasteiger partial charge in [0.05, 0.1) is 11.5 Å². The Morgan fingerprint density at radius 3 is 2.81 bits per heavy atom. The van der Waals surface area contributed by atoms with Crippen LogP contribution < -0.4 is 10.1 Å². The lowest BCUT2D eigenvalue weighted by atomic mass is 10.1. The average Bonchev–Trinajstić information content (AvgIpc) is 2.44. The summed E-state index contributed by atoms with van der Waals surface area (Å²) in [6, 6.07) is 8.04. The second-order valence-electron chi connectivity index (χ2n) is 5.78. The molecule has 1 fully saturated rings. The van der Waals surface area contributed by atoms with Crippen molar-refractivity contribution in [3.8, 4) is 5.75 Å². The summed E-state index contributed by atoms with van der Waals surface area (Å²) in [5.74, 6) is 1.50. The maximum Gasteiger partial charge on any atom is 0.151 e. The molecule has 1 saturated heterocycles. The van der Waals surface area contributed by atoms with E-state index in [1.165, 1.54) is 0 Å². The molecule has 2 unspecified atom stereocenters. The molecule has 1 aliphatic rings. The molecule has 21 heavy (non-hydrogen) atoms. The van der Waals surface area contributed by atoms with E-state index < -0.39 is 9.84 Å². The molecule has 0 spiro atoms. The lowest BCUT2D eigenvalue weighted by Gasteiger charge is -2.26. The molecule has 1 heterocycles. The van der Waals surface area contributed by atoms with Crippen molar-refractivity contribution < 1.29 is 13.2 Å². The summed E-state index contributed by atoms with van der Waals surface area (Å²) >= 11 is 0. The number of aryl methyl sites for hydroxylation is 1. The molecule has 0 bridgehead atoms. The summed E-state index contributed by atoms with van der Waals surface area (Å²) in [7, 11) is -2.86. The van der Waals surface area contributed by atoms with Gasteiger partial charge in [-0.25, -0.2) is 8.42 Å². The highest BCUT2D eigenvalue weighted by molar-refractivity contribution is 7.91. The minimum Gasteiger partial charge on any atom is -0.489 e. The molecule has 0 amide bonds. The van der Waals surface area contributed by atoms with Crippen molar-refractivity contribution in [2.45, 2.75) is 45.3 Å². The average molecular weight is 311 g/mol. The van der Waals surface area contributed by atoms with E-state index in [0.29, 0.717) is 12.3 Å². The third-order valence-electron chi connectivity index (χ3n) is 3.94. The number of benzene rings is 1. The Balaban J connectivity index is 1.87. The molecule has 1 aliphatic heterocycles. The number of hydrogen-bond acceptors (Lipinski definition) is 4. The molecule has 118 valence electrons. The van der Waals surface area contributed by atoms with Gasteiger partial charge in [0.15, 0.2) is 9.84 Å². The normalized spacial score (nSPS) is 22.7. The maximum absolute atomic E-state index is 11.6. The second kappa shape index (κ2) is 7.27. The van der Waals surface area contributed by atoms with Crippen LogP contribution in [0.3, 0.4) is 0 Å². The molecule has 1 N–H and O–H groups in total. The smallest absolute Gasteiger partial charge is 0.151 e. The van der Waals surface area contributed by atoms with Crippen LogP contribution in [0, 0.1) is 6.92 Å². The van der Waals surface area contributed by atoms with Crippen LogP contribution >= 0.6 is 0 Å². The molecular formula is C16H25NO3S. The highest BCUT2D eigenvalue weighted by atomic mass is 32.2. The first-order valence-corrected chi connectivity index (χ1v) is 9.48. The number of para-hydroxylation sites is 1. The fourth-order valence-corrected chi connectivity index (χ4v) is 4.29. The van der Waals surface area contributed by atoms with Gasteiger partial charge in [-0.15, -0.1) is 0 Å². The number of hydrogen-bond donors (Lipinski definition) is 1. The minimum atomic E-state index is -2.86. The summed E-state index contributed by atoms with van der Waals surface area (Å²) in [5, 5.41) is 3.36. The quantitative estimate of drug-likeness (QED) is 0.876. The molecule has 0 saturated carbocycles. The molecule has 2 atom stereocenters. The van der Waals surface area contributed by atoms with Gasteiger partial charge in [-0.2, -0.15) is 0 Å². The topological polar surface area (TPSA) is 55.4 Å². The zero-order valence-electron chi connectivity index (χ0n) is 12.8. The van der Waals surface area contributed by atoms with Crippen LogP contribution in [0.5, 0.6) is 5.75 Å². The van der Waals surface area contributed by atoms with E-state index in [4.69, 9.17) is 4.74 Å². The van der Waals surface area contributed by atoms with E-state index in [0.717, 1.165) is 30.6 Å². The van der Waals surface area contributed by atoms with Crippen molar-refractivity contribution in [2.24, 2.45) is 0 Å². The summed E-state index contributed by atoms with van der Waals surface area (Å²) < 4.78 is 29.3. The Morgan fingerprint density at radius 1 is 1.38 bits per heavy atom. The first kappa shape index (κ1) is 16.3. The molecule has 0 aliphatic carbocycles. The maximum atomic E-state index is 11.6. The summed E-state index contributed by atoms with van der Waals surface area (Å²) in [6.07, 6.45) is 2.65. The van der Waals surface area contributed by atoms with Gasteiger partial charge >= 0.3 is 0 Å². The Hall–Kier alpha value is -1.07. The largest absolute Gasteiger partial charge is 0.489 e. The number of nitrogens with one attached hydrogen (secondary N) is 1. The van der Waals surface area contributed by atoms with Crippen molar-refractivity contribution in [1.29, 1.82) is 0 Å². The molecule has 0 aromatic heterocycles. The van der Waals surface area contributed by atoms with E-state index in [9.17, 15) is 8.42 Å². The van der Waals surface area contributed by atoms with Gasteiger partial charge in [-0.3, -0.25) is 0 Å². The highest BCUT2D eigenvalue weighted by Gasteiger charge is 2.25. The van der Waals surface area contributed by atoms with E-state index in [1.807, 2.05) is 31.2 Å². The Labute approximate surface area is 127 Å². The first-order chi connectivity index (χ1) is 10.00. The number of rotatable bonds is 6. The van der Waals surface area contributed by atoms with E-state index >= 15 is 0 Å². The van der Waals surface area contributed by atoms with E-state index in [-0.39, 0.29) is 17.9 Å². The molecule has 1 aromatic rings. The van der Waals surface area contributed by atoms with Crippen molar-refractivity contribution >= 4 is 9.84 Å². The highest BCUT2D eigenvalue weighted by Crippen LogP contribution is 2.19. The molecular weight excluding hydrogens is 286 g/mol. The van der Waals surface area contributed by atoms with Crippen molar-refractivity contribution in [2.75, 3.05) is 18.1 Å². The summed E-state index contributed by atoms with van der Waals surface area (Å²) in [5.41, 5.74) is 1.12. The van der Waals surface area contributed by atoms with Gasteiger partial charge < -0.3 is 10.1 Å². The van der Waals surface area contributed by atoms with Crippen LogP contribution in [0.2, 0.25) is 0 Å². The zero-order valence-corrected chi connectivity index (χ0v) is 13.7. The van der Waals surface area contributed by atoms with Gasteiger partial charge in [0, 0.05) is 12.6 Å². The van der Waals surface area contributed by atoms with E-state index in [1.54, 1.807) is 0 Å². The van der Waals surface area contributed by atoms with Crippen LogP contribution in [0.1, 0.15) is 31.7 Å². The zero-order chi connectivity index (χ0) is 15.3. The van der Waals surface area contributed by atoms with Crippen LogP contribution in [-0.2, 0) is 9.84 Å². The molecule has 5 heteroatoms. The van der Waals surface area contributed by atoms with Crippen molar-refractivity contribution in [3.05, 3.63) is 29.8 Å². The minimum absolute atomic E-state index is 0.0655. The third-order valence-corrected chi connectivity index (χ3v) is 5.76. The molecule has 4 nitrogen and oxygen atoms in total. The van der Waals surface area contributed by atoms with Crippen LogP contribution in [-0.4, -0.2) is 38.6 Å². The Kier molecular flexibility index (Phi) is 5.65. The Morgan fingerprint density at radius 2 is 2.14 bits per heavy atom. The van der Waals surface area contributed by atoms with Gasteiger partial charge in [0.2, 0.25) is 0 Å². The lowest BCUT2D eigenvalue weighted by molar-refractivity contribution is 0.187. The van der Waals surface area contributed by atoms with E-state index in [2.05, 4.69) is 12.2 Å². The Bertz CT molecular complexity index is 556. The molecule has 0 radical (unpaired) electrons. The fraction of sp³-hybridized carbons (Fsp3) is 0.625. The first-order valence-electron chi connectivity index (χ1n) is 7.66. The number of ether oxygens (including phenoxy) is 1. The summed E-state index contributed by atoms with van der Waals surface area (Å²) in [4.78, 5) is 0. The van der Waals surface area contributed by atoms with Gasteiger partial charge in [-0.05, 0) is 37.8 Å². The predicted molar refractivity (Wildman–Crippen MR) is 85.6 cm³/mol. The monoisotopic (exact) mass is 311 g/mol.